The molecule has 0 atom stereocenters. The predicted octanol–water partition coefficient (Wildman–Crippen LogP) is 2.53. The van der Waals surface area contributed by atoms with Gasteiger partial charge in [0.15, 0.2) is 0 Å². The van der Waals surface area contributed by atoms with Crippen molar-refractivity contribution in [3.05, 3.63) is 58.6 Å². The molecule has 0 unspecified atom stereocenters. The molecule has 32 heavy (non-hydrogen) atoms. The highest BCUT2D eigenvalue weighted by Crippen LogP contribution is 2.39. The third-order valence-electron chi connectivity index (χ3n) is 5.07. The number of pyridine rings is 2. The molecular formula is C22H18N8O2. The highest BCUT2D eigenvalue weighted by molar-refractivity contribution is 6.03. The lowest BCUT2D eigenvalue weighted by Crippen LogP contribution is -2.12. The molecule has 0 radical (unpaired) electrons. The number of nitrogens with two attached hydrogens (primary N) is 1. The number of hydrogen-bond acceptors (Lipinski definition) is 9. The third kappa shape index (κ3) is 3.83. The van der Waals surface area contributed by atoms with Crippen LogP contribution in [0.5, 0.6) is 0 Å². The Labute approximate surface area is 182 Å². The molecule has 4 aromatic rings. The molecule has 0 aliphatic heterocycles. The zero-order valence-electron chi connectivity index (χ0n) is 17.4. The Hall–Kier alpha value is -4.39. The first-order valence-electron chi connectivity index (χ1n) is 9.99. The summed E-state index contributed by atoms with van der Waals surface area (Å²) in [6, 6.07) is 1.68. The SMILES string of the molecule is Cc1nc2cnc(N)c(C#Cc3cncc(C(=O)Nc4nnc(C5CC5)o4)c3)c2nc1C. The van der Waals surface area contributed by atoms with Crippen molar-refractivity contribution >= 4 is 28.8 Å². The Kier molecular flexibility index (Phi) is 4.71. The molecule has 0 aromatic carbocycles. The van der Waals surface area contributed by atoms with Gasteiger partial charge >= 0.3 is 6.01 Å². The average Bonchev–Trinajstić information content (AvgIpc) is 3.53. The van der Waals surface area contributed by atoms with E-state index < -0.39 is 5.91 Å². The zero-order chi connectivity index (χ0) is 22.2. The van der Waals surface area contributed by atoms with E-state index in [1.54, 1.807) is 18.5 Å². The highest BCUT2D eigenvalue weighted by atomic mass is 16.4. The standard InChI is InChI=1S/C22H18N8O2/c1-11-12(2)27-18-16(19(23)25-10-17(18)26-11)6-3-13-7-15(9-24-8-13)20(31)28-22-30-29-21(32-22)14-4-5-14/h7-10,14H,4-5H2,1-2H3,(H2,23,25)(H,28,30,31). The summed E-state index contributed by atoms with van der Waals surface area (Å²) in [7, 11) is 0. The maximum Gasteiger partial charge on any atom is 0.322 e. The highest BCUT2D eigenvalue weighted by Gasteiger charge is 2.29. The first kappa shape index (κ1) is 19.6. The normalized spacial score (nSPS) is 12.9. The fourth-order valence-electron chi connectivity index (χ4n) is 3.05. The van der Waals surface area contributed by atoms with E-state index in [1.807, 2.05) is 13.8 Å². The van der Waals surface area contributed by atoms with E-state index in [0.717, 1.165) is 24.2 Å². The lowest BCUT2D eigenvalue weighted by molar-refractivity contribution is 0.102. The number of nitrogens with zero attached hydrogens (tertiary/aromatic N) is 6. The van der Waals surface area contributed by atoms with E-state index >= 15 is 0 Å². The summed E-state index contributed by atoms with van der Waals surface area (Å²) >= 11 is 0. The van der Waals surface area contributed by atoms with Crippen molar-refractivity contribution in [3.63, 3.8) is 0 Å². The van der Waals surface area contributed by atoms with Crippen molar-refractivity contribution in [1.82, 2.24) is 30.1 Å². The van der Waals surface area contributed by atoms with Crippen LogP contribution in [0.15, 0.2) is 29.1 Å². The Morgan fingerprint density at radius 2 is 1.94 bits per heavy atom. The van der Waals surface area contributed by atoms with Crippen molar-refractivity contribution in [2.75, 3.05) is 11.1 Å². The van der Waals surface area contributed by atoms with Crippen molar-refractivity contribution in [3.8, 4) is 11.8 Å². The quantitative estimate of drug-likeness (QED) is 0.472. The maximum atomic E-state index is 12.6. The van der Waals surface area contributed by atoms with Crippen molar-refractivity contribution in [2.45, 2.75) is 32.6 Å². The maximum absolute atomic E-state index is 12.6. The number of nitrogen functional groups attached to an aromatic ring is 1. The van der Waals surface area contributed by atoms with Crippen LogP contribution in [0.1, 0.15) is 57.5 Å². The lowest BCUT2D eigenvalue weighted by Gasteiger charge is -2.05. The summed E-state index contributed by atoms with van der Waals surface area (Å²) in [6.07, 6.45) is 6.62. The van der Waals surface area contributed by atoms with Gasteiger partial charge in [-0.3, -0.25) is 15.1 Å². The largest absolute Gasteiger partial charge is 0.408 e. The molecule has 0 bridgehead atoms. The second-order valence-corrected chi connectivity index (χ2v) is 7.53. The van der Waals surface area contributed by atoms with Crippen LogP contribution in [0, 0.1) is 25.7 Å². The minimum absolute atomic E-state index is 0.0622. The summed E-state index contributed by atoms with van der Waals surface area (Å²) < 4.78 is 5.47. The van der Waals surface area contributed by atoms with Crippen molar-refractivity contribution in [2.24, 2.45) is 0 Å². The molecule has 158 valence electrons. The summed E-state index contributed by atoms with van der Waals surface area (Å²) in [5.74, 6) is 6.68. The number of nitrogens with one attached hydrogen (secondary N) is 1. The van der Waals surface area contributed by atoms with Gasteiger partial charge < -0.3 is 10.2 Å². The number of rotatable bonds is 3. The van der Waals surface area contributed by atoms with E-state index in [9.17, 15) is 4.79 Å². The van der Waals surface area contributed by atoms with Crippen molar-refractivity contribution in [1.29, 1.82) is 0 Å². The number of carbonyl (C=O) groups is 1. The number of hydrogen-bond donors (Lipinski definition) is 2. The molecule has 0 spiro atoms. The van der Waals surface area contributed by atoms with Gasteiger partial charge in [-0.15, -0.1) is 5.10 Å². The molecule has 1 fully saturated rings. The minimum Gasteiger partial charge on any atom is -0.408 e. The fraction of sp³-hybridized carbons (Fsp3) is 0.227. The minimum atomic E-state index is -0.421. The number of amides is 1. The van der Waals surface area contributed by atoms with Gasteiger partial charge in [-0.05, 0) is 32.8 Å². The van der Waals surface area contributed by atoms with E-state index in [2.05, 4.69) is 47.3 Å². The van der Waals surface area contributed by atoms with Gasteiger partial charge in [-0.2, -0.15) is 0 Å². The van der Waals surface area contributed by atoms with E-state index in [-0.39, 0.29) is 11.8 Å². The van der Waals surface area contributed by atoms with Gasteiger partial charge in [0.2, 0.25) is 5.89 Å². The van der Waals surface area contributed by atoms with Crippen LogP contribution in [0.25, 0.3) is 11.0 Å². The Bertz CT molecular complexity index is 1430. The molecule has 3 N–H and O–H groups in total. The van der Waals surface area contributed by atoms with Crippen LogP contribution in [0.3, 0.4) is 0 Å². The van der Waals surface area contributed by atoms with Crippen molar-refractivity contribution < 1.29 is 9.21 Å². The molecule has 5 rings (SSSR count). The average molecular weight is 426 g/mol. The van der Waals surface area contributed by atoms with E-state index in [4.69, 9.17) is 10.2 Å². The smallest absolute Gasteiger partial charge is 0.322 e. The predicted molar refractivity (Wildman–Crippen MR) is 116 cm³/mol. The number of carbonyl (C=O) groups excluding carboxylic acids is 1. The molecule has 1 saturated carbocycles. The molecule has 10 nitrogen and oxygen atoms in total. The number of aromatic nitrogens is 6. The first-order chi connectivity index (χ1) is 15.5. The molecule has 1 aliphatic carbocycles. The molecule has 0 saturated heterocycles. The second-order valence-electron chi connectivity index (χ2n) is 7.53. The van der Waals surface area contributed by atoms with Gasteiger partial charge in [-0.25, -0.2) is 15.0 Å². The third-order valence-corrected chi connectivity index (χ3v) is 5.07. The van der Waals surface area contributed by atoms with Crippen LogP contribution in [-0.2, 0) is 0 Å². The Morgan fingerprint density at radius 1 is 1.12 bits per heavy atom. The summed E-state index contributed by atoms with van der Waals surface area (Å²) in [5, 5.41) is 10.4. The molecule has 1 aliphatic rings. The lowest BCUT2D eigenvalue weighted by atomic mass is 10.1. The monoisotopic (exact) mass is 426 g/mol. The number of anilines is 2. The molecule has 10 heteroatoms. The fourth-order valence-corrected chi connectivity index (χ4v) is 3.05. The van der Waals surface area contributed by atoms with E-state index in [0.29, 0.717) is 39.5 Å². The zero-order valence-corrected chi connectivity index (χ0v) is 17.4. The molecular weight excluding hydrogens is 408 g/mol. The van der Waals surface area contributed by atoms with Gasteiger partial charge in [0, 0.05) is 23.9 Å². The Balaban J connectivity index is 1.42. The topological polar surface area (TPSA) is 146 Å². The van der Waals surface area contributed by atoms with E-state index in [1.165, 1.54) is 6.20 Å². The van der Waals surface area contributed by atoms with Gasteiger partial charge in [0.25, 0.3) is 5.91 Å². The summed E-state index contributed by atoms with van der Waals surface area (Å²) in [6.45, 7) is 3.76. The van der Waals surface area contributed by atoms with Gasteiger partial charge in [0.1, 0.15) is 16.9 Å². The number of aryl methyl sites for hydroxylation is 2. The summed E-state index contributed by atoms with van der Waals surface area (Å²) in [5.41, 5.74) is 10.2. The molecule has 4 aromatic heterocycles. The second kappa shape index (κ2) is 7.70. The first-order valence-corrected chi connectivity index (χ1v) is 9.99. The van der Waals surface area contributed by atoms with Crippen LogP contribution >= 0.6 is 0 Å². The molecule has 1 amide bonds. The molecule has 4 heterocycles. The van der Waals surface area contributed by atoms with Crippen LogP contribution < -0.4 is 11.1 Å². The van der Waals surface area contributed by atoms with Crippen LogP contribution in [-0.4, -0.2) is 36.0 Å². The van der Waals surface area contributed by atoms with Gasteiger partial charge in [-0.1, -0.05) is 16.9 Å². The van der Waals surface area contributed by atoms with Crippen LogP contribution in [0.2, 0.25) is 0 Å². The Morgan fingerprint density at radius 3 is 2.75 bits per heavy atom. The van der Waals surface area contributed by atoms with Gasteiger partial charge in [0.05, 0.1) is 28.7 Å². The number of fused-ring (bicyclic) bond motifs is 1. The summed E-state index contributed by atoms with van der Waals surface area (Å²) in [4.78, 5) is 29.9. The van der Waals surface area contributed by atoms with Crippen LogP contribution in [0.4, 0.5) is 11.8 Å².